The van der Waals surface area contributed by atoms with E-state index in [2.05, 4.69) is 31.1 Å². The Hall–Kier alpha value is -1.19. The van der Waals surface area contributed by atoms with E-state index in [-0.39, 0.29) is 5.41 Å². The molecule has 0 aliphatic heterocycles. The number of aromatic nitrogens is 3. The Morgan fingerprint density at radius 3 is 2.60 bits per heavy atom. The molecule has 1 heterocycles. The van der Waals surface area contributed by atoms with E-state index in [9.17, 15) is 4.79 Å². The van der Waals surface area contributed by atoms with Crippen LogP contribution in [0.25, 0.3) is 0 Å². The Morgan fingerprint density at radius 1 is 1.47 bits per heavy atom. The highest BCUT2D eigenvalue weighted by atomic mass is 16.1. The molecule has 1 aromatic rings. The van der Waals surface area contributed by atoms with Crippen LogP contribution in [0, 0.1) is 5.92 Å². The highest BCUT2D eigenvalue weighted by molar-refractivity contribution is 5.84. The fourth-order valence-corrected chi connectivity index (χ4v) is 1.71. The molecule has 1 saturated carbocycles. The number of carbonyl (C=O) groups excluding carboxylic acids is 1. The molecule has 0 saturated heterocycles. The number of hydrogen-bond acceptors (Lipinski definition) is 3. The van der Waals surface area contributed by atoms with Crippen molar-refractivity contribution in [2.24, 2.45) is 5.92 Å². The predicted molar refractivity (Wildman–Crippen MR) is 56.5 cm³/mol. The average molecular weight is 207 g/mol. The number of Topliss-reactive ketones (excluding diaryl/α,β-unsaturated/α-hetero) is 1. The monoisotopic (exact) mass is 207 g/mol. The van der Waals surface area contributed by atoms with Gasteiger partial charge in [0.25, 0.3) is 0 Å². The van der Waals surface area contributed by atoms with E-state index in [1.807, 2.05) is 10.9 Å². The lowest BCUT2D eigenvalue weighted by molar-refractivity contribution is -0.127. The lowest BCUT2D eigenvalue weighted by Gasteiger charge is -2.23. The zero-order valence-electron chi connectivity index (χ0n) is 9.53. The largest absolute Gasteiger partial charge is 0.300 e. The third-order valence-corrected chi connectivity index (χ3v) is 2.79. The third kappa shape index (κ3) is 2.25. The SMILES string of the molecule is CC(C)(C)c1cn(CC2CC(=O)C2)nn1. The Balaban J connectivity index is 1.99. The number of nitrogens with zero attached hydrogens (tertiary/aromatic N) is 3. The second-order valence-corrected chi connectivity index (χ2v) is 5.39. The first-order chi connectivity index (χ1) is 6.95. The van der Waals surface area contributed by atoms with Crippen molar-refractivity contribution < 1.29 is 4.79 Å². The topological polar surface area (TPSA) is 47.8 Å². The molecule has 0 unspecified atom stereocenters. The maximum Gasteiger partial charge on any atom is 0.133 e. The molecular weight excluding hydrogens is 190 g/mol. The average Bonchev–Trinajstić information content (AvgIpc) is 2.49. The van der Waals surface area contributed by atoms with Crippen LogP contribution in [0.3, 0.4) is 0 Å². The molecule has 4 heteroatoms. The van der Waals surface area contributed by atoms with E-state index in [0.717, 1.165) is 12.2 Å². The van der Waals surface area contributed by atoms with Gasteiger partial charge in [0, 0.05) is 31.0 Å². The Labute approximate surface area is 89.7 Å². The zero-order chi connectivity index (χ0) is 11.1. The molecule has 0 N–H and O–H groups in total. The van der Waals surface area contributed by atoms with Crippen LogP contribution in [0.15, 0.2) is 6.20 Å². The molecule has 1 aliphatic rings. The smallest absolute Gasteiger partial charge is 0.133 e. The first-order valence-electron chi connectivity index (χ1n) is 5.37. The lowest BCUT2D eigenvalue weighted by Crippen LogP contribution is -2.27. The summed E-state index contributed by atoms with van der Waals surface area (Å²) < 4.78 is 1.86. The normalized spacial score (nSPS) is 17.9. The van der Waals surface area contributed by atoms with Gasteiger partial charge in [-0.25, -0.2) is 0 Å². The maximum atomic E-state index is 10.8. The van der Waals surface area contributed by atoms with Crippen LogP contribution in [0.4, 0.5) is 0 Å². The third-order valence-electron chi connectivity index (χ3n) is 2.79. The van der Waals surface area contributed by atoms with Crippen molar-refractivity contribution in [3.05, 3.63) is 11.9 Å². The van der Waals surface area contributed by atoms with Gasteiger partial charge < -0.3 is 0 Å². The second kappa shape index (κ2) is 3.43. The molecule has 0 amide bonds. The molecule has 1 aliphatic carbocycles. The first-order valence-corrected chi connectivity index (χ1v) is 5.37. The van der Waals surface area contributed by atoms with Crippen LogP contribution in [-0.2, 0) is 16.8 Å². The summed E-state index contributed by atoms with van der Waals surface area (Å²) in [5.74, 6) is 0.850. The van der Waals surface area contributed by atoms with Crippen LogP contribution >= 0.6 is 0 Å². The Kier molecular flexibility index (Phi) is 2.37. The van der Waals surface area contributed by atoms with Crippen molar-refractivity contribution in [3.8, 4) is 0 Å². The molecule has 0 bridgehead atoms. The van der Waals surface area contributed by atoms with E-state index in [1.54, 1.807) is 0 Å². The zero-order valence-corrected chi connectivity index (χ0v) is 9.53. The van der Waals surface area contributed by atoms with Gasteiger partial charge in [0.1, 0.15) is 5.78 Å². The van der Waals surface area contributed by atoms with Crippen LogP contribution in [0.5, 0.6) is 0 Å². The summed E-state index contributed by atoms with van der Waals surface area (Å²) in [5, 5.41) is 8.23. The highest BCUT2D eigenvalue weighted by Crippen LogP contribution is 2.25. The molecule has 2 rings (SSSR count). The number of rotatable bonds is 2. The van der Waals surface area contributed by atoms with E-state index in [4.69, 9.17) is 0 Å². The summed E-state index contributed by atoms with van der Waals surface area (Å²) >= 11 is 0. The Morgan fingerprint density at radius 2 is 2.13 bits per heavy atom. The van der Waals surface area contributed by atoms with Crippen LogP contribution < -0.4 is 0 Å². The molecule has 0 atom stereocenters. The van der Waals surface area contributed by atoms with E-state index >= 15 is 0 Å². The summed E-state index contributed by atoms with van der Waals surface area (Å²) in [7, 11) is 0. The molecule has 15 heavy (non-hydrogen) atoms. The number of carbonyl (C=O) groups is 1. The summed E-state index contributed by atoms with van der Waals surface area (Å²) in [6.07, 6.45) is 3.41. The van der Waals surface area contributed by atoms with Crippen molar-refractivity contribution in [1.29, 1.82) is 0 Å². The molecule has 1 fully saturated rings. The highest BCUT2D eigenvalue weighted by Gasteiger charge is 2.27. The van der Waals surface area contributed by atoms with Gasteiger partial charge in [-0.1, -0.05) is 26.0 Å². The fourth-order valence-electron chi connectivity index (χ4n) is 1.71. The minimum absolute atomic E-state index is 0.0493. The summed E-state index contributed by atoms with van der Waals surface area (Å²) in [5.41, 5.74) is 1.06. The molecule has 1 aromatic heterocycles. The Bertz CT molecular complexity index is 367. The van der Waals surface area contributed by atoms with Gasteiger partial charge in [-0.2, -0.15) is 0 Å². The van der Waals surface area contributed by atoms with Gasteiger partial charge in [-0.05, 0) is 5.92 Å². The summed E-state index contributed by atoms with van der Waals surface area (Å²) in [6, 6.07) is 0. The number of ketones is 1. The van der Waals surface area contributed by atoms with Crippen molar-refractivity contribution in [2.75, 3.05) is 0 Å². The number of hydrogen-bond donors (Lipinski definition) is 0. The molecule has 0 radical (unpaired) electrons. The summed E-state index contributed by atoms with van der Waals surface area (Å²) in [4.78, 5) is 10.8. The van der Waals surface area contributed by atoms with Crippen molar-refractivity contribution in [2.45, 2.75) is 45.6 Å². The van der Waals surface area contributed by atoms with Gasteiger partial charge in [-0.3, -0.25) is 9.48 Å². The van der Waals surface area contributed by atoms with Gasteiger partial charge >= 0.3 is 0 Å². The maximum absolute atomic E-state index is 10.8. The lowest BCUT2D eigenvalue weighted by atomic mass is 9.84. The van der Waals surface area contributed by atoms with Crippen LogP contribution in [0.1, 0.15) is 39.3 Å². The van der Waals surface area contributed by atoms with E-state index < -0.39 is 0 Å². The van der Waals surface area contributed by atoms with Gasteiger partial charge in [0.05, 0.1) is 5.69 Å². The predicted octanol–water partition coefficient (Wildman–Crippen LogP) is 1.55. The van der Waals surface area contributed by atoms with Crippen molar-refractivity contribution in [1.82, 2.24) is 15.0 Å². The molecule has 0 spiro atoms. The van der Waals surface area contributed by atoms with E-state index in [1.165, 1.54) is 0 Å². The minimum atomic E-state index is 0.0493. The minimum Gasteiger partial charge on any atom is -0.300 e. The van der Waals surface area contributed by atoms with Gasteiger partial charge in [0.2, 0.25) is 0 Å². The molecule has 82 valence electrons. The van der Waals surface area contributed by atoms with Crippen LogP contribution in [-0.4, -0.2) is 20.8 Å². The molecular formula is C11H17N3O. The fraction of sp³-hybridized carbons (Fsp3) is 0.727. The summed E-state index contributed by atoms with van der Waals surface area (Å²) in [6.45, 7) is 7.19. The standard InChI is InChI=1S/C11H17N3O/c1-11(2,3)10-7-14(13-12-10)6-8-4-9(15)5-8/h7-8H,4-6H2,1-3H3. The quantitative estimate of drug-likeness (QED) is 0.739. The molecule has 0 aromatic carbocycles. The first kappa shape index (κ1) is 10.3. The van der Waals surface area contributed by atoms with Gasteiger partial charge in [0.15, 0.2) is 0 Å². The van der Waals surface area contributed by atoms with Crippen molar-refractivity contribution >= 4 is 5.78 Å². The second-order valence-electron chi connectivity index (χ2n) is 5.39. The van der Waals surface area contributed by atoms with Crippen LogP contribution in [0.2, 0.25) is 0 Å². The molecule has 4 nitrogen and oxygen atoms in total. The van der Waals surface area contributed by atoms with E-state index in [0.29, 0.717) is 24.5 Å². The van der Waals surface area contributed by atoms with Gasteiger partial charge in [-0.15, -0.1) is 5.10 Å². The van der Waals surface area contributed by atoms with Crippen molar-refractivity contribution in [3.63, 3.8) is 0 Å².